The second kappa shape index (κ2) is 9.08. The smallest absolute Gasteiger partial charge is 0.235 e. The van der Waals surface area contributed by atoms with Gasteiger partial charge in [0.25, 0.3) is 0 Å². The van der Waals surface area contributed by atoms with Crippen LogP contribution in [0.1, 0.15) is 99.8 Å². The standard InChI is InChI=1S/C26H46N2O3S2/c1-8-25(6,7)20-16-19(24(3,4)5)10-11-22(20)31-15-9-14-28-26(33(28,29)30)13-12-21-23(17-26)32-18(2)27-21/h19-23H,8-17H2,1-7H3. The van der Waals surface area contributed by atoms with E-state index in [0.717, 1.165) is 49.5 Å². The van der Waals surface area contributed by atoms with Crippen LogP contribution in [-0.2, 0) is 14.8 Å². The van der Waals surface area contributed by atoms with E-state index in [2.05, 4.69) is 41.5 Å². The molecule has 0 N–H and O–H groups in total. The van der Waals surface area contributed by atoms with E-state index in [4.69, 9.17) is 9.73 Å². The van der Waals surface area contributed by atoms with Crippen molar-refractivity contribution in [2.24, 2.45) is 27.7 Å². The van der Waals surface area contributed by atoms with E-state index < -0.39 is 14.9 Å². The molecule has 2 aliphatic carbocycles. The summed E-state index contributed by atoms with van der Waals surface area (Å²) >= 11 is 1.78. The number of hydrogen-bond donors (Lipinski definition) is 0. The average Bonchev–Trinajstić information content (AvgIpc) is 2.98. The lowest BCUT2D eigenvalue weighted by atomic mass is 9.61. The van der Waals surface area contributed by atoms with E-state index >= 15 is 0 Å². The van der Waals surface area contributed by atoms with Crippen molar-refractivity contribution < 1.29 is 13.2 Å². The molecule has 190 valence electrons. The third kappa shape index (κ3) is 4.82. The molecule has 7 unspecified atom stereocenters. The van der Waals surface area contributed by atoms with Crippen molar-refractivity contribution in [1.29, 1.82) is 0 Å². The Morgan fingerprint density at radius 2 is 1.91 bits per heavy atom. The number of thioether (sulfide) groups is 1. The van der Waals surface area contributed by atoms with Gasteiger partial charge in [-0.1, -0.05) is 48.0 Å². The number of fused-ring (bicyclic) bond motifs is 1. The van der Waals surface area contributed by atoms with Gasteiger partial charge in [-0.2, -0.15) is 4.31 Å². The maximum absolute atomic E-state index is 12.9. The molecule has 0 aromatic rings. The van der Waals surface area contributed by atoms with Gasteiger partial charge in [-0.15, -0.1) is 11.8 Å². The minimum atomic E-state index is -3.13. The third-order valence-corrected chi connectivity index (χ3v) is 13.1. The van der Waals surface area contributed by atoms with E-state index in [-0.39, 0.29) is 5.41 Å². The number of ether oxygens (including phenoxy) is 1. The zero-order valence-corrected chi connectivity index (χ0v) is 23.5. The van der Waals surface area contributed by atoms with Gasteiger partial charge in [-0.05, 0) is 74.5 Å². The molecule has 2 heterocycles. The summed E-state index contributed by atoms with van der Waals surface area (Å²) in [5.41, 5.74) is 0.606. The SMILES string of the molecule is CCC(C)(C)C1CC(C(C)(C)C)CCC1OCCCN1C2(CCC3N=C(C)SC3C2)S1(=O)=O. The Kier molecular flexibility index (Phi) is 7.14. The lowest BCUT2D eigenvalue weighted by Gasteiger charge is -2.47. The first-order chi connectivity index (χ1) is 15.3. The number of aliphatic imine (C=N–C) groups is 1. The molecule has 0 amide bonds. The van der Waals surface area contributed by atoms with Crippen LogP contribution in [0.15, 0.2) is 4.99 Å². The summed E-state index contributed by atoms with van der Waals surface area (Å²) in [7, 11) is -3.13. The third-order valence-electron chi connectivity index (χ3n) is 9.41. The van der Waals surface area contributed by atoms with Crippen molar-refractivity contribution in [3.8, 4) is 0 Å². The molecule has 7 heteroatoms. The molecule has 5 nitrogen and oxygen atoms in total. The van der Waals surface area contributed by atoms with Crippen LogP contribution in [0.5, 0.6) is 0 Å². The van der Waals surface area contributed by atoms with Crippen LogP contribution in [-0.4, -0.2) is 53.2 Å². The lowest BCUT2D eigenvalue weighted by Crippen LogP contribution is -2.43. The Balaban J connectivity index is 1.30. The fourth-order valence-electron chi connectivity index (χ4n) is 6.68. The fourth-order valence-corrected chi connectivity index (χ4v) is 10.5. The Labute approximate surface area is 206 Å². The molecule has 3 fully saturated rings. The van der Waals surface area contributed by atoms with Crippen LogP contribution in [0.4, 0.5) is 0 Å². The van der Waals surface area contributed by atoms with Gasteiger partial charge in [0.2, 0.25) is 10.0 Å². The number of nitrogens with zero attached hydrogens (tertiary/aromatic N) is 2. The average molecular weight is 499 g/mol. The molecule has 0 aromatic heterocycles. The molecule has 2 saturated carbocycles. The van der Waals surface area contributed by atoms with Crippen LogP contribution in [0, 0.1) is 22.7 Å². The molecule has 0 aromatic carbocycles. The van der Waals surface area contributed by atoms with Gasteiger partial charge in [0.1, 0.15) is 0 Å². The lowest BCUT2D eigenvalue weighted by molar-refractivity contribution is -0.0785. The molecule has 0 radical (unpaired) electrons. The first-order valence-electron chi connectivity index (χ1n) is 13.2. The molecule has 4 rings (SSSR count). The minimum Gasteiger partial charge on any atom is -0.378 e. The van der Waals surface area contributed by atoms with Crippen LogP contribution in [0.3, 0.4) is 0 Å². The van der Waals surface area contributed by atoms with Gasteiger partial charge in [0.15, 0.2) is 4.87 Å². The van der Waals surface area contributed by atoms with Gasteiger partial charge < -0.3 is 4.74 Å². The second-order valence-electron chi connectivity index (χ2n) is 12.7. The first-order valence-corrected chi connectivity index (χ1v) is 15.5. The number of hydrogen-bond acceptors (Lipinski definition) is 5. The quantitative estimate of drug-likeness (QED) is 0.315. The van der Waals surface area contributed by atoms with Gasteiger partial charge in [0.05, 0.1) is 17.2 Å². The molecule has 4 aliphatic rings. The van der Waals surface area contributed by atoms with Crippen LogP contribution < -0.4 is 0 Å². The highest BCUT2D eigenvalue weighted by Crippen LogP contribution is 2.57. The normalized spacial score (nSPS) is 40.5. The molecule has 33 heavy (non-hydrogen) atoms. The van der Waals surface area contributed by atoms with E-state index in [1.54, 1.807) is 16.1 Å². The predicted molar refractivity (Wildman–Crippen MR) is 139 cm³/mol. The summed E-state index contributed by atoms with van der Waals surface area (Å²) in [5, 5.41) is 1.45. The Morgan fingerprint density at radius 1 is 1.18 bits per heavy atom. The highest BCUT2D eigenvalue weighted by atomic mass is 32.2. The summed E-state index contributed by atoms with van der Waals surface area (Å²) in [6.45, 7) is 17.5. The van der Waals surface area contributed by atoms with Crippen LogP contribution >= 0.6 is 11.8 Å². The van der Waals surface area contributed by atoms with Crippen LogP contribution in [0.25, 0.3) is 0 Å². The van der Waals surface area contributed by atoms with Crippen molar-refractivity contribution >= 4 is 26.8 Å². The van der Waals surface area contributed by atoms with Crippen molar-refractivity contribution in [3.05, 3.63) is 0 Å². The summed E-state index contributed by atoms with van der Waals surface area (Å²) in [6, 6.07) is 0.323. The van der Waals surface area contributed by atoms with E-state index in [0.29, 0.717) is 41.9 Å². The fraction of sp³-hybridized carbons (Fsp3) is 0.962. The maximum atomic E-state index is 12.9. The molecule has 1 saturated heterocycles. The highest BCUT2D eigenvalue weighted by Gasteiger charge is 2.71. The van der Waals surface area contributed by atoms with E-state index in [9.17, 15) is 8.42 Å². The molecule has 2 aliphatic heterocycles. The number of rotatable bonds is 7. The molecular formula is C26H46N2O3S2. The van der Waals surface area contributed by atoms with Gasteiger partial charge in [-0.25, -0.2) is 8.42 Å². The maximum Gasteiger partial charge on any atom is 0.235 e. The van der Waals surface area contributed by atoms with Crippen LogP contribution in [0.2, 0.25) is 0 Å². The van der Waals surface area contributed by atoms with E-state index in [1.165, 1.54) is 12.8 Å². The zero-order chi connectivity index (χ0) is 24.2. The number of sulfonamides is 1. The zero-order valence-electron chi connectivity index (χ0n) is 21.9. The minimum absolute atomic E-state index is 0.264. The van der Waals surface area contributed by atoms with Crippen molar-refractivity contribution in [1.82, 2.24) is 4.31 Å². The molecule has 7 atom stereocenters. The Morgan fingerprint density at radius 3 is 2.58 bits per heavy atom. The monoisotopic (exact) mass is 498 g/mol. The first kappa shape index (κ1) is 26.0. The molecule has 1 spiro atoms. The highest BCUT2D eigenvalue weighted by molar-refractivity contribution is 8.14. The van der Waals surface area contributed by atoms with Gasteiger partial charge in [0, 0.05) is 18.4 Å². The Hall–Kier alpha value is -0.110. The second-order valence-corrected chi connectivity index (χ2v) is 16.3. The largest absolute Gasteiger partial charge is 0.378 e. The van der Waals surface area contributed by atoms with Crippen molar-refractivity contribution in [2.45, 2.75) is 122 Å². The molecular weight excluding hydrogens is 452 g/mol. The van der Waals surface area contributed by atoms with E-state index in [1.807, 2.05) is 6.92 Å². The summed E-state index contributed by atoms with van der Waals surface area (Å²) < 4.78 is 34.2. The van der Waals surface area contributed by atoms with Gasteiger partial charge >= 0.3 is 0 Å². The van der Waals surface area contributed by atoms with Gasteiger partial charge in [-0.3, -0.25) is 4.99 Å². The predicted octanol–water partition coefficient (Wildman–Crippen LogP) is 6.09. The Bertz CT molecular complexity index is 863. The van der Waals surface area contributed by atoms with Crippen molar-refractivity contribution in [3.63, 3.8) is 0 Å². The summed E-state index contributed by atoms with van der Waals surface area (Å²) in [5.74, 6) is 1.31. The molecule has 0 bridgehead atoms. The van der Waals surface area contributed by atoms with Crippen molar-refractivity contribution in [2.75, 3.05) is 13.2 Å². The summed E-state index contributed by atoms with van der Waals surface area (Å²) in [4.78, 5) is 4.09. The topological polar surface area (TPSA) is 58.7 Å². The summed E-state index contributed by atoms with van der Waals surface area (Å²) in [6.07, 6.45) is 8.20.